The summed E-state index contributed by atoms with van der Waals surface area (Å²) < 4.78 is 11.6. The first-order chi connectivity index (χ1) is 5.06. The van der Waals surface area contributed by atoms with E-state index >= 15 is 0 Å². The molecule has 1 N–H and O–H groups in total. The Labute approximate surface area is 69.4 Å². The van der Waals surface area contributed by atoms with E-state index in [-0.39, 0.29) is 6.67 Å². The molecule has 0 fully saturated rings. The molecule has 68 valence electrons. The van der Waals surface area contributed by atoms with Gasteiger partial charge < -0.3 is 5.32 Å². The number of hydrogen-bond donors (Lipinski definition) is 1. The molecule has 0 radical (unpaired) electrons. The van der Waals surface area contributed by atoms with E-state index in [4.69, 9.17) is 0 Å². The molecule has 0 saturated carbocycles. The van der Waals surface area contributed by atoms with Crippen LogP contribution in [0.25, 0.3) is 0 Å². The fourth-order valence-corrected chi connectivity index (χ4v) is 0.808. The second kappa shape index (κ2) is 5.53. The molecule has 1 nitrogen and oxygen atoms in total. The SMILES string of the molecule is CC(C)(C)CNCCCCF. The number of unbranched alkanes of at least 4 members (excludes halogenated alkanes) is 1. The van der Waals surface area contributed by atoms with Crippen LogP contribution in [0.2, 0.25) is 0 Å². The van der Waals surface area contributed by atoms with Gasteiger partial charge in [-0.25, -0.2) is 0 Å². The van der Waals surface area contributed by atoms with Gasteiger partial charge in [0.1, 0.15) is 0 Å². The van der Waals surface area contributed by atoms with Crippen molar-refractivity contribution in [3.8, 4) is 0 Å². The van der Waals surface area contributed by atoms with Crippen LogP contribution in [-0.2, 0) is 0 Å². The highest BCUT2D eigenvalue weighted by Crippen LogP contribution is 2.09. The molecule has 0 aromatic heterocycles. The summed E-state index contributed by atoms with van der Waals surface area (Å²) in [6.07, 6.45) is 1.64. The smallest absolute Gasteiger partial charge is 0.0894 e. The van der Waals surface area contributed by atoms with Crippen LogP contribution in [0.3, 0.4) is 0 Å². The van der Waals surface area contributed by atoms with Gasteiger partial charge in [-0.2, -0.15) is 0 Å². The molecule has 0 saturated heterocycles. The Bertz CT molecular complexity index is 86.1. The average Bonchev–Trinajstić information content (AvgIpc) is 1.85. The predicted octanol–water partition coefficient (Wildman–Crippen LogP) is 2.37. The summed E-state index contributed by atoms with van der Waals surface area (Å²) in [5.41, 5.74) is 0.343. The first kappa shape index (κ1) is 10.9. The number of nitrogens with one attached hydrogen (secondary N) is 1. The molecule has 0 unspecified atom stereocenters. The van der Waals surface area contributed by atoms with Gasteiger partial charge in [0, 0.05) is 0 Å². The maximum absolute atomic E-state index is 11.6. The highest BCUT2D eigenvalue weighted by molar-refractivity contribution is 4.64. The van der Waals surface area contributed by atoms with Crippen molar-refractivity contribution in [3.63, 3.8) is 0 Å². The zero-order valence-corrected chi connectivity index (χ0v) is 7.91. The van der Waals surface area contributed by atoms with Gasteiger partial charge in [-0.1, -0.05) is 20.8 Å². The molecule has 0 amide bonds. The number of hydrogen-bond acceptors (Lipinski definition) is 1. The van der Waals surface area contributed by atoms with E-state index in [2.05, 4.69) is 26.1 Å². The molecule has 0 heterocycles. The molecular weight excluding hydrogens is 141 g/mol. The van der Waals surface area contributed by atoms with Gasteiger partial charge in [0.15, 0.2) is 0 Å². The minimum Gasteiger partial charge on any atom is -0.316 e. The first-order valence-electron chi connectivity index (χ1n) is 4.33. The Morgan fingerprint density at radius 1 is 1.18 bits per heavy atom. The number of halogens is 1. The highest BCUT2D eigenvalue weighted by Gasteiger charge is 2.07. The summed E-state index contributed by atoms with van der Waals surface area (Å²) in [5.74, 6) is 0. The maximum Gasteiger partial charge on any atom is 0.0894 e. The van der Waals surface area contributed by atoms with Gasteiger partial charge in [0.2, 0.25) is 0 Å². The van der Waals surface area contributed by atoms with Crippen molar-refractivity contribution in [2.75, 3.05) is 19.8 Å². The van der Waals surface area contributed by atoms with Crippen molar-refractivity contribution >= 4 is 0 Å². The predicted molar refractivity (Wildman–Crippen MR) is 47.5 cm³/mol. The maximum atomic E-state index is 11.6. The van der Waals surface area contributed by atoms with Gasteiger partial charge >= 0.3 is 0 Å². The third kappa shape index (κ3) is 9.89. The largest absolute Gasteiger partial charge is 0.316 e. The third-order valence-corrected chi connectivity index (χ3v) is 1.39. The van der Waals surface area contributed by atoms with Crippen LogP contribution >= 0.6 is 0 Å². The molecule has 0 bridgehead atoms. The first-order valence-corrected chi connectivity index (χ1v) is 4.33. The molecule has 0 aromatic rings. The highest BCUT2D eigenvalue weighted by atomic mass is 19.1. The van der Waals surface area contributed by atoms with Crippen molar-refractivity contribution in [1.29, 1.82) is 0 Å². The van der Waals surface area contributed by atoms with Gasteiger partial charge in [-0.05, 0) is 31.3 Å². The van der Waals surface area contributed by atoms with E-state index in [9.17, 15) is 4.39 Å². The number of alkyl halides is 1. The van der Waals surface area contributed by atoms with Crippen LogP contribution in [0.1, 0.15) is 33.6 Å². The van der Waals surface area contributed by atoms with E-state index in [0.29, 0.717) is 11.8 Å². The molecule has 0 aromatic carbocycles. The van der Waals surface area contributed by atoms with E-state index in [1.807, 2.05) is 0 Å². The van der Waals surface area contributed by atoms with E-state index in [0.717, 1.165) is 19.5 Å². The van der Waals surface area contributed by atoms with Crippen molar-refractivity contribution in [3.05, 3.63) is 0 Å². The van der Waals surface area contributed by atoms with Crippen molar-refractivity contribution in [2.24, 2.45) is 5.41 Å². The third-order valence-electron chi connectivity index (χ3n) is 1.39. The average molecular weight is 161 g/mol. The summed E-state index contributed by atoms with van der Waals surface area (Å²) in [5, 5.41) is 3.29. The van der Waals surface area contributed by atoms with Crippen molar-refractivity contribution in [1.82, 2.24) is 5.32 Å². The van der Waals surface area contributed by atoms with Crippen LogP contribution < -0.4 is 5.32 Å². The summed E-state index contributed by atoms with van der Waals surface area (Å²) >= 11 is 0. The van der Waals surface area contributed by atoms with Gasteiger partial charge in [-0.3, -0.25) is 4.39 Å². The molecule has 0 atom stereocenters. The summed E-state index contributed by atoms with van der Waals surface area (Å²) in [7, 11) is 0. The Hall–Kier alpha value is -0.110. The Kier molecular flexibility index (Phi) is 5.47. The molecule has 11 heavy (non-hydrogen) atoms. The van der Waals surface area contributed by atoms with Crippen LogP contribution in [0.5, 0.6) is 0 Å². The monoisotopic (exact) mass is 161 g/mol. The minimum absolute atomic E-state index is 0.183. The molecule has 0 aliphatic rings. The standard InChI is InChI=1S/C9H20FN/c1-9(2,3)8-11-7-5-4-6-10/h11H,4-8H2,1-3H3. The van der Waals surface area contributed by atoms with Crippen molar-refractivity contribution < 1.29 is 4.39 Å². The Balaban J connectivity index is 3.02. The summed E-state index contributed by atoms with van der Waals surface area (Å²) in [6, 6.07) is 0. The topological polar surface area (TPSA) is 12.0 Å². The zero-order valence-electron chi connectivity index (χ0n) is 7.91. The lowest BCUT2D eigenvalue weighted by Gasteiger charge is -2.18. The number of rotatable bonds is 5. The summed E-state index contributed by atoms with van der Waals surface area (Å²) in [6.45, 7) is 8.34. The van der Waals surface area contributed by atoms with Gasteiger partial charge in [0.05, 0.1) is 6.67 Å². The Morgan fingerprint density at radius 3 is 2.27 bits per heavy atom. The molecule has 0 spiro atoms. The molecule has 0 aliphatic carbocycles. The zero-order chi connectivity index (χ0) is 8.74. The lowest BCUT2D eigenvalue weighted by atomic mass is 9.97. The van der Waals surface area contributed by atoms with Crippen LogP contribution in [0, 0.1) is 5.41 Å². The van der Waals surface area contributed by atoms with E-state index < -0.39 is 0 Å². The quantitative estimate of drug-likeness (QED) is 0.610. The van der Waals surface area contributed by atoms with Gasteiger partial charge in [0.25, 0.3) is 0 Å². The fraction of sp³-hybridized carbons (Fsp3) is 1.00. The van der Waals surface area contributed by atoms with Crippen LogP contribution in [0.15, 0.2) is 0 Å². The lowest BCUT2D eigenvalue weighted by Crippen LogP contribution is -2.27. The molecule has 0 aliphatic heterocycles. The minimum atomic E-state index is -0.183. The van der Waals surface area contributed by atoms with Crippen LogP contribution in [0.4, 0.5) is 4.39 Å². The van der Waals surface area contributed by atoms with E-state index in [1.54, 1.807) is 0 Å². The molecule has 0 rings (SSSR count). The fourth-order valence-electron chi connectivity index (χ4n) is 0.808. The molecular formula is C9H20FN. The molecule has 2 heteroatoms. The normalized spacial score (nSPS) is 12.0. The van der Waals surface area contributed by atoms with Crippen LogP contribution in [-0.4, -0.2) is 19.8 Å². The van der Waals surface area contributed by atoms with Crippen molar-refractivity contribution in [2.45, 2.75) is 33.6 Å². The van der Waals surface area contributed by atoms with Gasteiger partial charge in [-0.15, -0.1) is 0 Å². The second-order valence-electron chi connectivity index (χ2n) is 4.13. The summed E-state index contributed by atoms with van der Waals surface area (Å²) in [4.78, 5) is 0. The van der Waals surface area contributed by atoms with E-state index in [1.165, 1.54) is 0 Å². The second-order valence-corrected chi connectivity index (χ2v) is 4.13. The Morgan fingerprint density at radius 2 is 1.82 bits per heavy atom. The lowest BCUT2D eigenvalue weighted by molar-refractivity contribution is 0.373.